The highest BCUT2D eigenvalue weighted by Gasteiger charge is 2.44. The standard InChI is InChI=1S/C9H9F5N2/c1-16-6-2-3-8(10,11)4-5(6)7(15-16)9(12,13)14/h2-4H2,1H3. The molecule has 2 rings (SSSR count). The van der Waals surface area contributed by atoms with E-state index in [0.717, 1.165) is 4.68 Å². The average Bonchev–Trinajstić information content (AvgIpc) is 2.40. The van der Waals surface area contributed by atoms with E-state index in [4.69, 9.17) is 0 Å². The van der Waals surface area contributed by atoms with Gasteiger partial charge >= 0.3 is 6.18 Å². The summed E-state index contributed by atoms with van der Waals surface area (Å²) in [6.07, 6.45) is -6.03. The molecule has 2 nitrogen and oxygen atoms in total. The van der Waals surface area contributed by atoms with Crippen molar-refractivity contribution in [1.82, 2.24) is 9.78 Å². The molecular formula is C9H9F5N2. The molecular weight excluding hydrogens is 231 g/mol. The summed E-state index contributed by atoms with van der Waals surface area (Å²) >= 11 is 0. The smallest absolute Gasteiger partial charge is 0.272 e. The van der Waals surface area contributed by atoms with E-state index < -0.39 is 30.6 Å². The number of hydrogen-bond donors (Lipinski definition) is 0. The highest BCUT2D eigenvalue weighted by atomic mass is 19.4. The van der Waals surface area contributed by atoms with E-state index in [2.05, 4.69) is 5.10 Å². The third kappa shape index (κ3) is 1.78. The fraction of sp³-hybridized carbons (Fsp3) is 0.667. The predicted molar refractivity (Wildman–Crippen MR) is 45.2 cm³/mol. The summed E-state index contributed by atoms with van der Waals surface area (Å²) in [4.78, 5) is 0. The number of aromatic nitrogens is 2. The molecule has 90 valence electrons. The van der Waals surface area contributed by atoms with Crippen molar-refractivity contribution >= 4 is 0 Å². The van der Waals surface area contributed by atoms with Crippen LogP contribution in [0.15, 0.2) is 0 Å². The van der Waals surface area contributed by atoms with Crippen LogP contribution in [0.25, 0.3) is 0 Å². The zero-order chi connectivity index (χ0) is 12.1. The van der Waals surface area contributed by atoms with Crippen LogP contribution < -0.4 is 0 Å². The molecule has 7 heteroatoms. The second-order valence-electron chi connectivity index (χ2n) is 3.93. The van der Waals surface area contributed by atoms with Gasteiger partial charge in [0.2, 0.25) is 0 Å². The SMILES string of the molecule is Cn1nc(C(F)(F)F)c2c1CCC(F)(F)C2. The van der Waals surface area contributed by atoms with Gasteiger partial charge in [-0.3, -0.25) is 4.68 Å². The van der Waals surface area contributed by atoms with Gasteiger partial charge < -0.3 is 0 Å². The van der Waals surface area contributed by atoms with Gasteiger partial charge in [-0.25, -0.2) is 8.78 Å². The lowest BCUT2D eigenvalue weighted by Gasteiger charge is -2.22. The van der Waals surface area contributed by atoms with Gasteiger partial charge in [0, 0.05) is 31.1 Å². The molecule has 16 heavy (non-hydrogen) atoms. The molecule has 0 aliphatic heterocycles. The van der Waals surface area contributed by atoms with Crippen molar-refractivity contribution in [1.29, 1.82) is 0 Å². The molecule has 0 spiro atoms. The first-order valence-corrected chi connectivity index (χ1v) is 4.70. The maximum absolute atomic E-state index is 13.1. The Kier molecular flexibility index (Phi) is 2.25. The van der Waals surface area contributed by atoms with E-state index in [9.17, 15) is 22.0 Å². The Morgan fingerprint density at radius 3 is 2.50 bits per heavy atom. The second kappa shape index (κ2) is 3.18. The fourth-order valence-corrected chi connectivity index (χ4v) is 1.98. The molecule has 1 aromatic heterocycles. The van der Waals surface area contributed by atoms with Crippen molar-refractivity contribution in [2.75, 3.05) is 0 Å². The normalized spacial score (nSPS) is 19.6. The van der Waals surface area contributed by atoms with Gasteiger partial charge in [0.15, 0.2) is 5.69 Å². The first kappa shape index (κ1) is 11.3. The molecule has 0 atom stereocenters. The summed E-state index contributed by atoms with van der Waals surface area (Å²) in [5, 5.41) is 3.29. The largest absolute Gasteiger partial charge is 0.435 e. The van der Waals surface area contributed by atoms with Crippen LogP contribution in [0.4, 0.5) is 22.0 Å². The molecule has 0 saturated heterocycles. The fourth-order valence-electron chi connectivity index (χ4n) is 1.98. The Bertz CT molecular complexity index is 418. The summed E-state index contributed by atoms with van der Waals surface area (Å²) < 4.78 is 64.7. The minimum atomic E-state index is -4.67. The molecule has 1 aromatic rings. The Morgan fingerprint density at radius 1 is 1.31 bits per heavy atom. The number of aryl methyl sites for hydroxylation is 1. The summed E-state index contributed by atoms with van der Waals surface area (Å²) in [5.41, 5.74) is -1.27. The number of nitrogens with zero attached hydrogens (tertiary/aromatic N) is 2. The van der Waals surface area contributed by atoms with Crippen molar-refractivity contribution in [3.63, 3.8) is 0 Å². The van der Waals surface area contributed by atoms with Gasteiger partial charge in [-0.2, -0.15) is 18.3 Å². The molecule has 0 radical (unpaired) electrons. The molecule has 1 aliphatic rings. The first-order valence-electron chi connectivity index (χ1n) is 4.70. The molecule has 1 aliphatic carbocycles. The van der Waals surface area contributed by atoms with Crippen molar-refractivity contribution < 1.29 is 22.0 Å². The molecule has 0 aromatic carbocycles. The number of fused-ring (bicyclic) bond motifs is 1. The molecule has 0 saturated carbocycles. The van der Waals surface area contributed by atoms with Crippen LogP contribution in [0.1, 0.15) is 23.4 Å². The number of rotatable bonds is 0. The average molecular weight is 240 g/mol. The molecule has 0 bridgehead atoms. The lowest BCUT2D eigenvalue weighted by Crippen LogP contribution is -2.27. The maximum atomic E-state index is 13.1. The third-order valence-corrected chi connectivity index (χ3v) is 2.71. The van der Waals surface area contributed by atoms with E-state index in [-0.39, 0.29) is 17.7 Å². The minimum Gasteiger partial charge on any atom is -0.272 e. The number of halogens is 5. The Labute approximate surface area is 88.1 Å². The van der Waals surface area contributed by atoms with Crippen molar-refractivity contribution in [2.24, 2.45) is 7.05 Å². The van der Waals surface area contributed by atoms with Gasteiger partial charge in [0.1, 0.15) is 0 Å². The van der Waals surface area contributed by atoms with E-state index >= 15 is 0 Å². The summed E-state index contributed by atoms with van der Waals surface area (Å²) in [5.74, 6) is -3.06. The molecule has 0 unspecified atom stereocenters. The van der Waals surface area contributed by atoms with Crippen LogP contribution in [-0.2, 0) is 26.1 Å². The number of hydrogen-bond acceptors (Lipinski definition) is 1. The van der Waals surface area contributed by atoms with Crippen LogP contribution in [0.5, 0.6) is 0 Å². The van der Waals surface area contributed by atoms with E-state index in [1.165, 1.54) is 7.05 Å². The van der Waals surface area contributed by atoms with Gasteiger partial charge in [-0.05, 0) is 6.42 Å². The zero-order valence-electron chi connectivity index (χ0n) is 8.41. The van der Waals surface area contributed by atoms with Crippen LogP contribution in [0.3, 0.4) is 0 Å². The van der Waals surface area contributed by atoms with Gasteiger partial charge in [0.05, 0.1) is 0 Å². The van der Waals surface area contributed by atoms with Crippen LogP contribution in [0.2, 0.25) is 0 Å². The van der Waals surface area contributed by atoms with Crippen molar-refractivity contribution in [3.8, 4) is 0 Å². The summed E-state index contributed by atoms with van der Waals surface area (Å²) in [6, 6.07) is 0. The van der Waals surface area contributed by atoms with Gasteiger partial charge in [0.25, 0.3) is 5.92 Å². The number of alkyl halides is 5. The van der Waals surface area contributed by atoms with Crippen LogP contribution in [0, 0.1) is 0 Å². The highest BCUT2D eigenvalue weighted by Crippen LogP contribution is 2.39. The van der Waals surface area contributed by atoms with E-state index in [1.54, 1.807) is 0 Å². The monoisotopic (exact) mass is 240 g/mol. The van der Waals surface area contributed by atoms with E-state index in [1.807, 2.05) is 0 Å². The summed E-state index contributed by atoms with van der Waals surface area (Å²) in [6.45, 7) is 0. The Hall–Kier alpha value is -1.14. The summed E-state index contributed by atoms with van der Waals surface area (Å²) in [7, 11) is 1.34. The highest BCUT2D eigenvalue weighted by molar-refractivity contribution is 5.32. The minimum absolute atomic E-state index is 0.0675. The second-order valence-corrected chi connectivity index (χ2v) is 3.93. The van der Waals surface area contributed by atoms with E-state index in [0.29, 0.717) is 0 Å². The molecule has 0 amide bonds. The predicted octanol–water partition coefficient (Wildman–Crippen LogP) is 2.56. The maximum Gasteiger partial charge on any atom is 0.435 e. The first-order chi connectivity index (χ1) is 7.21. The van der Waals surface area contributed by atoms with Crippen molar-refractivity contribution in [2.45, 2.75) is 31.4 Å². The topological polar surface area (TPSA) is 17.8 Å². The lowest BCUT2D eigenvalue weighted by molar-refractivity contribution is -0.142. The Balaban J connectivity index is 2.52. The van der Waals surface area contributed by atoms with Crippen LogP contribution >= 0.6 is 0 Å². The lowest BCUT2D eigenvalue weighted by atomic mass is 9.92. The third-order valence-electron chi connectivity index (χ3n) is 2.71. The van der Waals surface area contributed by atoms with Crippen LogP contribution in [-0.4, -0.2) is 15.7 Å². The quantitative estimate of drug-likeness (QED) is 0.637. The molecule has 0 N–H and O–H groups in total. The molecule has 1 heterocycles. The van der Waals surface area contributed by atoms with Crippen molar-refractivity contribution in [3.05, 3.63) is 17.0 Å². The van der Waals surface area contributed by atoms with Gasteiger partial charge in [-0.1, -0.05) is 0 Å². The van der Waals surface area contributed by atoms with Gasteiger partial charge in [-0.15, -0.1) is 0 Å². The zero-order valence-corrected chi connectivity index (χ0v) is 8.41. The Morgan fingerprint density at radius 2 is 1.94 bits per heavy atom. The molecule has 0 fully saturated rings.